The summed E-state index contributed by atoms with van der Waals surface area (Å²) in [6.07, 6.45) is 0. The molecule has 3 nitrogen and oxygen atoms in total. The third-order valence-corrected chi connectivity index (χ3v) is 3.83. The van der Waals surface area contributed by atoms with E-state index in [1.54, 1.807) is 6.07 Å². The molecule has 0 aromatic heterocycles. The third kappa shape index (κ3) is 3.55. The number of benzene rings is 3. The lowest BCUT2D eigenvalue weighted by Gasteiger charge is -2.11. The minimum absolute atomic E-state index is 0.207. The van der Waals surface area contributed by atoms with E-state index in [-0.39, 0.29) is 11.0 Å². The topological polar surface area (TPSA) is 41.1 Å². The van der Waals surface area contributed by atoms with Crippen molar-refractivity contribution >= 4 is 39.7 Å². The molecule has 0 saturated heterocycles. The number of hydrogen-bond donors (Lipinski definition) is 2. The Morgan fingerprint density at radius 1 is 0.913 bits per heavy atom. The summed E-state index contributed by atoms with van der Waals surface area (Å²) in [5.74, 6) is -0.207. The molecule has 4 heteroatoms. The second-order valence-electron chi connectivity index (χ2n) is 5.29. The van der Waals surface area contributed by atoms with Crippen LogP contribution in [0.25, 0.3) is 10.8 Å². The molecule has 3 aromatic rings. The summed E-state index contributed by atoms with van der Waals surface area (Å²) in [5, 5.41) is 8.33. The fraction of sp³-hybridized carbons (Fsp3) is 0.0526. The van der Waals surface area contributed by atoms with Gasteiger partial charge in [0.1, 0.15) is 0 Å². The molecule has 0 unspecified atom stereocenters. The zero-order chi connectivity index (χ0) is 16.2. The molecule has 0 aliphatic rings. The normalized spacial score (nSPS) is 10.3. The lowest BCUT2D eigenvalue weighted by atomic mass is 10.1. The van der Waals surface area contributed by atoms with Crippen LogP contribution in [-0.2, 0) is 0 Å². The van der Waals surface area contributed by atoms with Gasteiger partial charge in [-0.05, 0) is 53.7 Å². The van der Waals surface area contributed by atoms with E-state index in [9.17, 15) is 4.79 Å². The molecule has 0 heterocycles. The molecule has 0 radical (unpaired) electrons. The van der Waals surface area contributed by atoms with Crippen molar-refractivity contribution in [3.05, 3.63) is 77.9 Å². The molecule has 0 bridgehead atoms. The summed E-state index contributed by atoms with van der Waals surface area (Å²) in [4.78, 5) is 12.2. The summed E-state index contributed by atoms with van der Waals surface area (Å²) in [6.45, 7) is 1.90. The fourth-order valence-electron chi connectivity index (χ4n) is 2.43. The van der Waals surface area contributed by atoms with Gasteiger partial charge in [-0.15, -0.1) is 0 Å². The first kappa shape index (κ1) is 15.2. The summed E-state index contributed by atoms with van der Waals surface area (Å²) in [7, 11) is 0. The molecule has 0 fully saturated rings. The second-order valence-corrected chi connectivity index (χ2v) is 5.69. The highest BCUT2D eigenvalue weighted by Gasteiger charge is 2.10. The molecular formula is C19H16N2OS. The second kappa shape index (κ2) is 6.58. The Bertz CT molecular complexity index is 889. The number of amides is 1. The SMILES string of the molecule is Cc1ccccc1C(=O)NC(=S)Nc1ccc2ccccc2c1. The van der Waals surface area contributed by atoms with Crippen LogP contribution in [0.15, 0.2) is 66.7 Å². The number of carbonyl (C=O) groups is 1. The van der Waals surface area contributed by atoms with Gasteiger partial charge >= 0.3 is 0 Å². The summed E-state index contributed by atoms with van der Waals surface area (Å²) >= 11 is 5.24. The number of aryl methyl sites for hydroxylation is 1. The van der Waals surface area contributed by atoms with Gasteiger partial charge in [-0.3, -0.25) is 10.1 Å². The maximum atomic E-state index is 12.2. The number of fused-ring (bicyclic) bond motifs is 1. The number of rotatable bonds is 2. The van der Waals surface area contributed by atoms with Gasteiger partial charge in [0.15, 0.2) is 5.11 Å². The fourth-order valence-corrected chi connectivity index (χ4v) is 2.64. The van der Waals surface area contributed by atoms with E-state index in [1.807, 2.05) is 61.5 Å². The summed E-state index contributed by atoms with van der Waals surface area (Å²) < 4.78 is 0. The van der Waals surface area contributed by atoms with Crippen LogP contribution in [0.4, 0.5) is 5.69 Å². The van der Waals surface area contributed by atoms with Crippen molar-refractivity contribution in [2.45, 2.75) is 6.92 Å². The Morgan fingerprint density at radius 3 is 2.39 bits per heavy atom. The van der Waals surface area contributed by atoms with Crippen LogP contribution in [0.2, 0.25) is 0 Å². The number of carbonyl (C=O) groups excluding carboxylic acids is 1. The Kier molecular flexibility index (Phi) is 4.35. The monoisotopic (exact) mass is 320 g/mol. The lowest BCUT2D eigenvalue weighted by molar-refractivity contribution is 0.0977. The van der Waals surface area contributed by atoms with Gasteiger partial charge in [0.25, 0.3) is 5.91 Å². The summed E-state index contributed by atoms with van der Waals surface area (Å²) in [5.41, 5.74) is 2.38. The van der Waals surface area contributed by atoms with Crippen molar-refractivity contribution in [3.63, 3.8) is 0 Å². The van der Waals surface area contributed by atoms with E-state index in [4.69, 9.17) is 12.2 Å². The molecule has 0 atom stereocenters. The van der Waals surface area contributed by atoms with Gasteiger partial charge in [0, 0.05) is 11.3 Å². The molecule has 0 aliphatic heterocycles. The minimum Gasteiger partial charge on any atom is -0.332 e. The van der Waals surface area contributed by atoms with Gasteiger partial charge in [-0.2, -0.15) is 0 Å². The van der Waals surface area contributed by atoms with Gasteiger partial charge in [-0.1, -0.05) is 48.5 Å². The molecule has 3 rings (SSSR count). The highest BCUT2D eigenvalue weighted by atomic mass is 32.1. The van der Waals surface area contributed by atoms with Crippen LogP contribution in [0.3, 0.4) is 0 Å². The van der Waals surface area contributed by atoms with Crippen LogP contribution in [0.1, 0.15) is 15.9 Å². The standard InChI is InChI=1S/C19H16N2OS/c1-13-6-2-5-9-17(13)18(22)21-19(23)20-16-11-10-14-7-3-4-8-15(14)12-16/h2-12H,1H3,(H2,20,21,22,23). The lowest BCUT2D eigenvalue weighted by Crippen LogP contribution is -2.34. The average Bonchev–Trinajstić information content (AvgIpc) is 2.55. The Morgan fingerprint density at radius 2 is 1.61 bits per heavy atom. The first-order valence-corrected chi connectivity index (χ1v) is 7.71. The van der Waals surface area contributed by atoms with Gasteiger partial charge in [0.05, 0.1) is 0 Å². The maximum absolute atomic E-state index is 12.2. The molecule has 23 heavy (non-hydrogen) atoms. The zero-order valence-corrected chi connectivity index (χ0v) is 13.5. The van der Waals surface area contributed by atoms with E-state index in [0.29, 0.717) is 5.56 Å². The smallest absolute Gasteiger partial charge is 0.257 e. The van der Waals surface area contributed by atoms with E-state index in [0.717, 1.165) is 22.0 Å². The predicted molar refractivity (Wildman–Crippen MR) is 98.8 cm³/mol. The van der Waals surface area contributed by atoms with E-state index in [2.05, 4.69) is 16.7 Å². The number of thiocarbonyl (C=S) groups is 1. The third-order valence-electron chi connectivity index (χ3n) is 3.62. The minimum atomic E-state index is -0.207. The number of hydrogen-bond acceptors (Lipinski definition) is 2. The maximum Gasteiger partial charge on any atom is 0.257 e. The van der Waals surface area contributed by atoms with Crippen LogP contribution in [-0.4, -0.2) is 11.0 Å². The van der Waals surface area contributed by atoms with Gasteiger partial charge < -0.3 is 5.32 Å². The van der Waals surface area contributed by atoms with Crippen molar-refractivity contribution in [2.24, 2.45) is 0 Å². The van der Waals surface area contributed by atoms with Crippen molar-refractivity contribution in [2.75, 3.05) is 5.32 Å². The number of nitrogens with one attached hydrogen (secondary N) is 2. The van der Waals surface area contributed by atoms with E-state index in [1.165, 1.54) is 0 Å². The van der Waals surface area contributed by atoms with Crippen LogP contribution in [0, 0.1) is 6.92 Å². The zero-order valence-electron chi connectivity index (χ0n) is 12.7. The summed E-state index contributed by atoms with van der Waals surface area (Å²) in [6, 6.07) is 21.5. The first-order chi connectivity index (χ1) is 11.1. The Hall–Kier alpha value is -2.72. The first-order valence-electron chi connectivity index (χ1n) is 7.30. The van der Waals surface area contributed by atoms with Gasteiger partial charge in [0.2, 0.25) is 0 Å². The van der Waals surface area contributed by atoms with Crippen LogP contribution >= 0.6 is 12.2 Å². The van der Waals surface area contributed by atoms with Crippen LogP contribution < -0.4 is 10.6 Å². The molecule has 0 spiro atoms. The quantitative estimate of drug-likeness (QED) is 0.693. The van der Waals surface area contributed by atoms with E-state index >= 15 is 0 Å². The van der Waals surface area contributed by atoms with Crippen molar-refractivity contribution in [3.8, 4) is 0 Å². The molecule has 0 saturated carbocycles. The molecule has 3 aromatic carbocycles. The highest BCUT2D eigenvalue weighted by Crippen LogP contribution is 2.18. The molecule has 1 amide bonds. The molecule has 114 valence electrons. The largest absolute Gasteiger partial charge is 0.332 e. The Balaban J connectivity index is 1.71. The molecule has 0 aliphatic carbocycles. The van der Waals surface area contributed by atoms with Crippen LogP contribution in [0.5, 0.6) is 0 Å². The molecular weight excluding hydrogens is 304 g/mol. The van der Waals surface area contributed by atoms with Crippen molar-refractivity contribution in [1.82, 2.24) is 5.32 Å². The van der Waals surface area contributed by atoms with Crippen molar-refractivity contribution < 1.29 is 4.79 Å². The van der Waals surface area contributed by atoms with Gasteiger partial charge in [-0.25, -0.2) is 0 Å². The van der Waals surface area contributed by atoms with E-state index < -0.39 is 0 Å². The predicted octanol–water partition coefficient (Wildman–Crippen LogP) is 4.28. The average molecular weight is 320 g/mol. The Labute approximate surface area is 140 Å². The number of anilines is 1. The molecule has 2 N–H and O–H groups in total. The van der Waals surface area contributed by atoms with Crippen molar-refractivity contribution in [1.29, 1.82) is 0 Å². The highest BCUT2D eigenvalue weighted by molar-refractivity contribution is 7.80.